The van der Waals surface area contributed by atoms with Gasteiger partial charge in [0.25, 0.3) is 0 Å². The third-order valence-corrected chi connectivity index (χ3v) is 6.22. The summed E-state index contributed by atoms with van der Waals surface area (Å²) >= 11 is 0. The van der Waals surface area contributed by atoms with E-state index in [-0.39, 0.29) is 5.97 Å². The highest BCUT2D eigenvalue weighted by atomic mass is 16.5. The number of hydrogen-bond acceptors (Lipinski definition) is 3. The van der Waals surface area contributed by atoms with Crippen molar-refractivity contribution in [3.05, 3.63) is 12.2 Å². The number of carboxylic acids is 1. The lowest BCUT2D eigenvalue weighted by Crippen LogP contribution is -1.93. The van der Waals surface area contributed by atoms with Crippen LogP contribution in [0.4, 0.5) is 0 Å². The predicted molar refractivity (Wildman–Crippen MR) is 135 cm³/mol. The lowest BCUT2D eigenvalue weighted by atomic mass is 10.0. The maximum absolute atomic E-state index is 10.9. The number of hydrogen-bond donors (Lipinski definition) is 1. The molecule has 188 valence electrons. The second-order valence-corrected chi connectivity index (χ2v) is 9.28. The molecule has 1 N–H and O–H groups in total. The average molecular weight is 453 g/mol. The van der Waals surface area contributed by atoms with Crippen molar-refractivity contribution in [2.24, 2.45) is 0 Å². The molecule has 0 aliphatic rings. The summed E-state index contributed by atoms with van der Waals surface area (Å²) in [7, 11) is 1.41. The SMILES string of the molecule is COC(=O)C=CCCCCCCCCCCCCCCCCCCCCCCCC(=O)O. The molecular formula is C28H52O4. The van der Waals surface area contributed by atoms with Crippen molar-refractivity contribution in [1.82, 2.24) is 0 Å². The molecule has 0 fully saturated rings. The monoisotopic (exact) mass is 452 g/mol. The van der Waals surface area contributed by atoms with E-state index in [0.29, 0.717) is 6.42 Å². The van der Waals surface area contributed by atoms with E-state index >= 15 is 0 Å². The Balaban J connectivity index is 3.07. The number of rotatable bonds is 25. The fourth-order valence-electron chi connectivity index (χ4n) is 4.14. The Labute approximate surface area is 198 Å². The summed E-state index contributed by atoms with van der Waals surface area (Å²) in [6.07, 6.45) is 32.3. The molecule has 0 spiro atoms. The van der Waals surface area contributed by atoms with Gasteiger partial charge in [-0.2, -0.15) is 0 Å². The number of methoxy groups -OCH3 is 1. The largest absolute Gasteiger partial charge is 0.481 e. The molecule has 0 aromatic carbocycles. The minimum Gasteiger partial charge on any atom is -0.481 e. The van der Waals surface area contributed by atoms with E-state index in [2.05, 4.69) is 4.74 Å². The maximum atomic E-state index is 10.9. The van der Waals surface area contributed by atoms with Gasteiger partial charge in [0.05, 0.1) is 7.11 Å². The smallest absolute Gasteiger partial charge is 0.330 e. The summed E-state index contributed by atoms with van der Waals surface area (Å²) in [6, 6.07) is 0. The van der Waals surface area contributed by atoms with Gasteiger partial charge in [0.2, 0.25) is 0 Å². The molecule has 0 aliphatic heterocycles. The van der Waals surface area contributed by atoms with Gasteiger partial charge >= 0.3 is 11.9 Å². The number of ether oxygens (including phenoxy) is 1. The van der Waals surface area contributed by atoms with Crippen LogP contribution in [0.5, 0.6) is 0 Å². The van der Waals surface area contributed by atoms with Crippen molar-refractivity contribution in [2.45, 2.75) is 148 Å². The fraction of sp³-hybridized carbons (Fsp3) is 0.857. The third-order valence-electron chi connectivity index (χ3n) is 6.22. The second-order valence-electron chi connectivity index (χ2n) is 9.28. The molecule has 0 aliphatic carbocycles. The van der Waals surface area contributed by atoms with E-state index in [4.69, 9.17) is 5.11 Å². The molecular weight excluding hydrogens is 400 g/mol. The lowest BCUT2D eigenvalue weighted by Gasteiger charge is -2.04. The van der Waals surface area contributed by atoms with E-state index in [1.54, 1.807) is 0 Å². The van der Waals surface area contributed by atoms with Crippen molar-refractivity contribution in [2.75, 3.05) is 7.11 Å². The van der Waals surface area contributed by atoms with Gasteiger partial charge in [-0.05, 0) is 19.3 Å². The first-order valence-corrected chi connectivity index (χ1v) is 13.6. The number of unbranched alkanes of at least 4 members (excludes halogenated alkanes) is 21. The molecule has 0 saturated carbocycles. The van der Waals surface area contributed by atoms with E-state index in [1.807, 2.05) is 6.08 Å². The first-order valence-electron chi connectivity index (χ1n) is 13.6. The second kappa shape index (κ2) is 25.9. The van der Waals surface area contributed by atoms with Crippen LogP contribution in [0.3, 0.4) is 0 Å². The Hall–Kier alpha value is -1.32. The van der Waals surface area contributed by atoms with Gasteiger partial charge < -0.3 is 9.84 Å². The van der Waals surface area contributed by atoms with E-state index in [0.717, 1.165) is 19.3 Å². The van der Waals surface area contributed by atoms with E-state index in [1.165, 1.54) is 135 Å². The molecule has 0 atom stereocenters. The Morgan fingerprint density at radius 2 is 0.875 bits per heavy atom. The maximum Gasteiger partial charge on any atom is 0.330 e. The van der Waals surface area contributed by atoms with Crippen LogP contribution in [-0.4, -0.2) is 24.2 Å². The topological polar surface area (TPSA) is 63.6 Å². The standard InChI is InChI=1S/C28H52O4/c1-32-28(31)26-24-22-20-18-16-14-12-10-8-6-4-2-3-5-7-9-11-13-15-17-19-21-23-25-27(29)30/h24,26H,2-23,25H2,1H3,(H,29,30). The van der Waals surface area contributed by atoms with E-state index in [9.17, 15) is 9.59 Å². The molecule has 4 heteroatoms. The molecule has 0 aromatic heterocycles. The third kappa shape index (κ3) is 26.7. The molecule has 0 aromatic rings. The molecule has 0 amide bonds. The van der Waals surface area contributed by atoms with Crippen molar-refractivity contribution >= 4 is 11.9 Å². The Kier molecular flexibility index (Phi) is 24.9. The van der Waals surface area contributed by atoms with Crippen LogP contribution in [-0.2, 0) is 14.3 Å². The average Bonchev–Trinajstić information content (AvgIpc) is 2.78. The molecule has 0 unspecified atom stereocenters. The van der Waals surface area contributed by atoms with Gasteiger partial charge in [0, 0.05) is 12.5 Å². The fourth-order valence-corrected chi connectivity index (χ4v) is 4.14. The normalized spacial score (nSPS) is 11.3. The summed E-state index contributed by atoms with van der Waals surface area (Å²) in [5.74, 6) is -0.914. The summed E-state index contributed by atoms with van der Waals surface area (Å²) in [5, 5.41) is 8.60. The first-order chi connectivity index (χ1) is 15.7. The lowest BCUT2D eigenvalue weighted by molar-refractivity contribution is -0.137. The summed E-state index contributed by atoms with van der Waals surface area (Å²) in [5.41, 5.74) is 0. The summed E-state index contributed by atoms with van der Waals surface area (Å²) in [6.45, 7) is 0. The highest BCUT2D eigenvalue weighted by molar-refractivity contribution is 5.81. The van der Waals surface area contributed by atoms with Gasteiger partial charge in [-0.15, -0.1) is 0 Å². The number of carboxylic acid groups (broad SMARTS) is 1. The molecule has 0 bridgehead atoms. The number of allylic oxidation sites excluding steroid dienone is 1. The number of carbonyl (C=O) groups excluding carboxylic acids is 1. The molecule has 0 heterocycles. The van der Waals surface area contributed by atoms with Crippen molar-refractivity contribution < 1.29 is 19.4 Å². The van der Waals surface area contributed by atoms with Crippen molar-refractivity contribution in [1.29, 1.82) is 0 Å². The van der Waals surface area contributed by atoms with Gasteiger partial charge in [-0.25, -0.2) is 4.79 Å². The number of carbonyl (C=O) groups is 2. The van der Waals surface area contributed by atoms with Crippen LogP contribution >= 0.6 is 0 Å². The van der Waals surface area contributed by atoms with Crippen LogP contribution in [0, 0.1) is 0 Å². The van der Waals surface area contributed by atoms with Gasteiger partial charge in [0.1, 0.15) is 0 Å². The first kappa shape index (κ1) is 30.7. The molecule has 32 heavy (non-hydrogen) atoms. The molecule has 0 rings (SSSR count). The summed E-state index contributed by atoms with van der Waals surface area (Å²) < 4.78 is 4.57. The zero-order chi connectivity index (χ0) is 23.5. The minimum absolute atomic E-state index is 0.254. The predicted octanol–water partition coefficient (Wildman–Crippen LogP) is 8.77. The number of aliphatic carboxylic acids is 1. The van der Waals surface area contributed by atoms with Gasteiger partial charge in [0.15, 0.2) is 0 Å². The van der Waals surface area contributed by atoms with E-state index < -0.39 is 5.97 Å². The molecule has 0 saturated heterocycles. The van der Waals surface area contributed by atoms with Gasteiger partial charge in [-0.3, -0.25) is 4.79 Å². The van der Waals surface area contributed by atoms with Gasteiger partial charge in [-0.1, -0.05) is 128 Å². The quantitative estimate of drug-likeness (QED) is 0.0854. The van der Waals surface area contributed by atoms with Crippen LogP contribution < -0.4 is 0 Å². The van der Waals surface area contributed by atoms with Crippen LogP contribution in [0.25, 0.3) is 0 Å². The summed E-state index contributed by atoms with van der Waals surface area (Å²) in [4.78, 5) is 21.4. The minimum atomic E-state index is -0.660. The van der Waals surface area contributed by atoms with Crippen molar-refractivity contribution in [3.63, 3.8) is 0 Å². The zero-order valence-corrected chi connectivity index (χ0v) is 21.1. The zero-order valence-electron chi connectivity index (χ0n) is 21.1. The number of esters is 1. The van der Waals surface area contributed by atoms with Crippen molar-refractivity contribution in [3.8, 4) is 0 Å². The van der Waals surface area contributed by atoms with Crippen LogP contribution in [0.2, 0.25) is 0 Å². The Morgan fingerprint density at radius 3 is 1.19 bits per heavy atom. The Morgan fingerprint density at radius 1 is 0.562 bits per heavy atom. The highest BCUT2D eigenvalue weighted by Gasteiger charge is 1.98. The molecule has 0 radical (unpaired) electrons. The highest BCUT2D eigenvalue weighted by Crippen LogP contribution is 2.15. The van der Waals surface area contributed by atoms with Crippen LogP contribution in [0.15, 0.2) is 12.2 Å². The molecule has 4 nitrogen and oxygen atoms in total. The van der Waals surface area contributed by atoms with Crippen LogP contribution in [0.1, 0.15) is 148 Å². The Bertz CT molecular complexity index is 445.